The minimum absolute atomic E-state index is 0.0791. The van der Waals surface area contributed by atoms with Gasteiger partial charge in [-0.15, -0.1) is 0 Å². The molecule has 31 heavy (non-hydrogen) atoms. The van der Waals surface area contributed by atoms with Crippen LogP contribution in [0.15, 0.2) is 36.4 Å². The van der Waals surface area contributed by atoms with Gasteiger partial charge < -0.3 is 19.9 Å². The van der Waals surface area contributed by atoms with Crippen molar-refractivity contribution in [3.8, 4) is 5.75 Å². The van der Waals surface area contributed by atoms with Crippen molar-refractivity contribution in [2.24, 2.45) is 5.92 Å². The van der Waals surface area contributed by atoms with Crippen LogP contribution in [0.3, 0.4) is 0 Å². The molecule has 3 amide bonds. The van der Waals surface area contributed by atoms with E-state index in [1.54, 1.807) is 15.9 Å². The molecule has 162 valence electrons. The van der Waals surface area contributed by atoms with Crippen molar-refractivity contribution in [3.63, 3.8) is 0 Å². The molecule has 0 radical (unpaired) electrons. The zero-order valence-electron chi connectivity index (χ0n) is 17.5. The third kappa shape index (κ3) is 3.97. The van der Waals surface area contributed by atoms with E-state index in [9.17, 15) is 18.8 Å². The molecule has 2 aromatic rings. The smallest absolute Gasteiger partial charge is 0.229 e. The first-order chi connectivity index (χ1) is 14.9. The van der Waals surface area contributed by atoms with Crippen molar-refractivity contribution in [2.45, 2.75) is 26.2 Å². The Labute approximate surface area is 179 Å². The summed E-state index contributed by atoms with van der Waals surface area (Å²) in [5.41, 5.74) is 2.94. The van der Waals surface area contributed by atoms with Gasteiger partial charge in [-0.25, -0.2) is 4.39 Å². The van der Waals surface area contributed by atoms with Crippen LogP contribution in [0.25, 0.3) is 0 Å². The fourth-order valence-corrected chi connectivity index (χ4v) is 4.13. The van der Waals surface area contributed by atoms with Gasteiger partial charge in [0.05, 0.1) is 13.0 Å². The predicted octanol–water partition coefficient (Wildman–Crippen LogP) is 3.13. The van der Waals surface area contributed by atoms with E-state index in [4.69, 9.17) is 4.74 Å². The van der Waals surface area contributed by atoms with Gasteiger partial charge in [0.25, 0.3) is 0 Å². The van der Waals surface area contributed by atoms with Crippen molar-refractivity contribution in [3.05, 3.63) is 47.8 Å². The third-order valence-electron chi connectivity index (χ3n) is 5.79. The SMILES string of the molecule is CCC(=O)N1CCc2cc(N3C[C@@H](C(=O)Nc4ccc(OC)c(F)c4)CC3=O)ccc21. The molecule has 2 heterocycles. The molecule has 4 rings (SSSR count). The average Bonchev–Trinajstić information content (AvgIpc) is 3.36. The molecule has 2 aromatic carbocycles. The number of methoxy groups -OCH3 is 1. The van der Waals surface area contributed by atoms with E-state index in [0.29, 0.717) is 18.7 Å². The summed E-state index contributed by atoms with van der Waals surface area (Å²) in [6.07, 6.45) is 1.27. The van der Waals surface area contributed by atoms with Crippen molar-refractivity contribution in [2.75, 3.05) is 35.3 Å². The number of ether oxygens (including phenoxy) is 1. The standard InChI is InChI=1S/C23H24FN3O4/c1-3-21(28)26-9-8-14-10-17(5-6-19(14)26)27-13-15(11-22(27)29)23(30)25-16-4-7-20(31-2)18(24)12-16/h4-7,10,12,15H,3,8-9,11,13H2,1-2H3,(H,25,30)/t15-/m0/s1. The lowest BCUT2D eigenvalue weighted by atomic mass is 10.1. The van der Waals surface area contributed by atoms with E-state index in [1.165, 1.54) is 19.2 Å². The van der Waals surface area contributed by atoms with E-state index in [-0.39, 0.29) is 36.4 Å². The molecule has 2 aliphatic rings. The summed E-state index contributed by atoms with van der Waals surface area (Å²) in [6.45, 7) is 2.73. The van der Waals surface area contributed by atoms with Gasteiger partial charge in [0.2, 0.25) is 17.7 Å². The molecule has 0 aromatic heterocycles. The van der Waals surface area contributed by atoms with Gasteiger partial charge in [0.15, 0.2) is 11.6 Å². The molecular formula is C23H24FN3O4. The quantitative estimate of drug-likeness (QED) is 0.798. The van der Waals surface area contributed by atoms with Crippen molar-refractivity contribution < 1.29 is 23.5 Å². The van der Waals surface area contributed by atoms with E-state index >= 15 is 0 Å². The number of anilines is 3. The first kappa shape index (κ1) is 20.8. The lowest BCUT2D eigenvalue weighted by molar-refractivity contribution is -0.122. The largest absolute Gasteiger partial charge is 0.494 e. The van der Waals surface area contributed by atoms with Crippen LogP contribution in [0.2, 0.25) is 0 Å². The molecule has 1 saturated heterocycles. The number of carbonyl (C=O) groups is 3. The molecule has 0 spiro atoms. The zero-order chi connectivity index (χ0) is 22.1. The summed E-state index contributed by atoms with van der Waals surface area (Å²) >= 11 is 0. The molecule has 1 N–H and O–H groups in total. The van der Waals surface area contributed by atoms with Crippen LogP contribution in [-0.4, -0.2) is 37.9 Å². The summed E-state index contributed by atoms with van der Waals surface area (Å²) in [6, 6.07) is 9.79. The van der Waals surface area contributed by atoms with Gasteiger partial charge in [-0.05, 0) is 42.3 Å². The van der Waals surface area contributed by atoms with Gasteiger partial charge in [-0.2, -0.15) is 0 Å². The molecule has 0 aliphatic carbocycles. The van der Waals surface area contributed by atoms with E-state index in [2.05, 4.69) is 5.32 Å². The van der Waals surface area contributed by atoms with Crippen LogP contribution < -0.4 is 19.9 Å². The van der Waals surface area contributed by atoms with Crippen LogP contribution in [0.1, 0.15) is 25.3 Å². The number of hydrogen-bond donors (Lipinski definition) is 1. The summed E-state index contributed by atoms with van der Waals surface area (Å²) in [5, 5.41) is 2.68. The average molecular weight is 425 g/mol. The van der Waals surface area contributed by atoms with Crippen molar-refractivity contribution >= 4 is 34.8 Å². The van der Waals surface area contributed by atoms with E-state index < -0.39 is 11.7 Å². The molecule has 1 fully saturated rings. The summed E-state index contributed by atoms with van der Waals surface area (Å²) < 4.78 is 18.7. The predicted molar refractivity (Wildman–Crippen MR) is 115 cm³/mol. The van der Waals surface area contributed by atoms with Crippen LogP contribution in [0, 0.1) is 11.7 Å². The van der Waals surface area contributed by atoms with Gasteiger partial charge in [0, 0.05) is 49.1 Å². The molecule has 0 unspecified atom stereocenters. The fourth-order valence-electron chi connectivity index (χ4n) is 4.13. The zero-order valence-corrected chi connectivity index (χ0v) is 17.5. The highest BCUT2D eigenvalue weighted by Crippen LogP contribution is 2.34. The van der Waals surface area contributed by atoms with Crippen LogP contribution in [0.5, 0.6) is 5.75 Å². The number of nitrogens with zero attached hydrogens (tertiary/aromatic N) is 2. The molecular weight excluding hydrogens is 401 g/mol. The first-order valence-corrected chi connectivity index (χ1v) is 10.3. The number of carbonyl (C=O) groups excluding carboxylic acids is 3. The maximum Gasteiger partial charge on any atom is 0.229 e. The van der Waals surface area contributed by atoms with Crippen LogP contribution in [-0.2, 0) is 20.8 Å². The van der Waals surface area contributed by atoms with Crippen LogP contribution in [0.4, 0.5) is 21.5 Å². The van der Waals surface area contributed by atoms with Gasteiger partial charge in [0.1, 0.15) is 0 Å². The highest BCUT2D eigenvalue weighted by atomic mass is 19.1. The second kappa shape index (κ2) is 8.37. The Morgan fingerprint density at radius 1 is 1.23 bits per heavy atom. The molecule has 0 saturated carbocycles. The second-order valence-electron chi connectivity index (χ2n) is 7.71. The Morgan fingerprint density at radius 2 is 2.03 bits per heavy atom. The molecule has 0 bridgehead atoms. The topological polar surface area (TPSA) is 79.0 Å². The van der Waals surface area contributed by atoms with Gasteiger partial charge >= 0.3 is 0 Å². The first-order valence-electron chi connectivity index (χ1n) is 10.3. The molecule has 8 heteroatoms. The monoisotopic (exact) mass is 425 g/mol. The summed E-state index contributed by atoms with van der Waals surface area (Å²) in [4.78, 5) is 40.7. The fraction of sp³-hybridized carbons (Fsp3) is 0.348. The lowest BCUT2D eigenvalue weighted by Gasteiger charge is -2.20. The number of benzene rings is 2. The summed E-state index contributed by atoms with van der Waals surface area (Å²) in [7, 11) is 1.37. The van der Waals surface area contributed by atoms with Crippen LogP contribution >= 0.6 is 0 Å². The minimum atomic E-state index is -0.571. The number of hydrogen-bond acceptors (Lipinski definition) is 4. The Bertz CT molecular complexity index is 1060. The highest BCUT2D eigenvalue weighted by Gasteiger charge is 2.36. The van der Waals surface area contributed by atoms with Gasteiger partial charge in [-0.3, -0.25) is 14.4 Å². The molecule has 7 nitrogen and oxygen atoms in total. The highest BCUT2D eigenvalue weighted by molar-refractivity contribution is 6.04. The Kier molecular flexibility index (Phi) is 5.63. The second-order valence-corrected chi connectivity index (χ2v) is 7.71. The summed E-state index contributed by atoms with van der Waals surface area (Å²) in [5.74, 6) is -1.41. The third-order valence-corrected chi connectivity index (χ3v) is 5.79. The normalized spacial score (nSPS) is 17.6. The maximum atomic E-state index is 13.9. The number of halogens is 1. The number of nitrogens with one attached hydrogen (secondary N) is 1. The Hall–Kier alpha value is -3.42. The molecule has 2 aliphatic heterocycles. The van der Waals surface area contributed by atoms with E-state index in [1.807, 2.05) is 25.1 Å². The lowest BCUT2D eigenvalue weighted by Crippen LogP contribution is -2.28. The Morgan fingerprint density at radius 3 is 2.74 bits per heavy atom. The molecule has 1 atom stereocenters. The minimum Gasteiger partial charge on any atom is -0.494 e. The number of rotatable bonds is 5. The van der Waals surface area contributed by atoms with E-state index in [0.717, 1.165) is 23.4 Å². The number of amides is 3. The Balaban J connectivity index is 1.45. The maximum absolute atomic E-state index is 13.9. The van der Waals surface area contributed by atoms with Gasteiger partial charge in [-0.1, -0.05) is 6.92 Å². The van der Waals surface area contributed by atoms with Crippen molar-refractivity contribution in [1.29, 1.82) is 0 Å². The van der Waals surface area contributed by atoms with Crippen molar-refractivity contribution in [1.82, 2.24) is 0 Å². The number of fused-ring (bicyclic) bond motifs is 1.